The number of nitrogens with zero attached hydrogens (tertiary/aromatic N) is 1. The van der Waals surface area contributed by atoms with Gasteiger partial charge < -0.3 is 18.9 Å². The standard InChI is InChI=1S/C25H23NO5S/c1-15-8-9-32-23(15)11-22-24(27)17-5-7-19-18(25(17)31-22)13-26(14-30-19)12-16-4-6-20(28-2)21(10-16)29-3/h4-11H,12-14H2,1-3H3/b22-11-. The number of ketones is 1. The zero-order valence-electron chi connectivity index (χ0n) is 18.1. The van der Waals surface area contributed by atoms with E-state index in [-0.39, 0.29) is 5.78 Å². The highest BCUT2D eigenvalue weighted by Crippen LogP contribution is 2.42. The van der Waals surface area contributed by atoms with Gasteiger partial charge >= 0.3 is 0 Å². The number of hydrogen-bond acceptors (Lipinski definition) is 7. The maximum atomic E-state index is 13.0. The van der Waals surface area contributed by atoms with Gasteiger partial charge in [-0.05, 0) is 53.8 Å². The highest BCUT2D eigenvalue weighted by Gasteiger charge is 2.33. The molecule has 7 heteroatoms. The summed E-state index contributed by atoms with van der Waals surface area (Å²) >= 11 is 1.59. The molecule has 2 aliphatic heterocycles. The van der Waals surface area contributed by atoms with E-state index >= 15 is 0 Å². The van der Waals surface area contributed by atoms with Crippen LogP contribution in [0.4, 0.5) is 0 Å². The Morgan fingerprint density at radius 2 is 1.97 bits per heavy atom. The fourth-order valence-corrected chi connectivity index (χ4v) is 4.84. The van der Waals surface area contributed by atoms with E-state index in [1.54, 1.807) is 31.6 Å². The van der Waals surface area contributed by atoms with Crippen molar-refractivity contribution in [3.8, 4) is 23.0 Å². The van der Waals surface area contributed by atoms with Crippen molar-refractivity contribution in [1.82, 2.24) is 4.90 Å². The highest BCUT2D eigenvalue weighted by molar-refractivity contribution is 7.11. The van der Waals surface area contributed by atoms with Gasteiger partial charge in [-0.3, -0.25) is 9.69 Å². The summed E-state index contributed by atoms with van der Waals surface area (Å²) in [6.07, 6.45) is 1.83. The molecule has 164 valence electrons. The highest BCUT2D eigenvalue weighted by atomic mass is 32.1. The summed E-state index contributed by atoms with van der Waals surface area (Å²) in [7, 11) is 3.25. The molecule has 2 aromatic carbocycles. The number of carbonyl (C=O) groups is 1. The van der Waals surface area contributed by atoms with Crippen LogP contribution in [0.25, 0.3) is 6.08 Å². The number of thiophene rings is 1. The summed E-state index contributed by atoms with van der Waals surface area (Å²) < 4.78 is 22.8. The van der Waals surface area contributed by atoms with Gasteiger partial charge in [0.15, 0.2) is 17.3 Å². The number of aryl methyl sites for hydroxylation is 1. The Hall–Kier alpha value is -3.29. The van der Waals surface area contributed by atoms with E-state index in [9.17, 15) is 4.79 Å². The van der Waals surface area contributed by atoms with Gasteiger partial charge in [-0.2, -0.15) is 0 Å². The molecule has 0 atom stereocenters. The lowest BCUT2D eigenvalue weighted by molar-refractivity contribution is 0.0872. The average Bonchev–Trinajstić information content (AvgIpc) is 3.36. The summed E-state index contributed by atoms with van der Waals surface area (Å²) in [4.78, 5) is 16.1. The monoisotopic (exact) mass is 449 g/mol. The van der Waals surface area contributed by atoms with Crippen molar-refractivity contribution in [1.29, 1.82) is 0 Å². The molecule has 0 aliphatic carbocycles. The Labute approximate surface area is 190 Å². The molecule has 0 unspecified atom stereocenters. The molecule has 0 fully saturated rings. The maximum absolute atomic E-state index is 13.0. The number of ether oxygens (including phenoxy) is 4. The third-order valence-electron chi connectivity index (χ3n) is 5.70. The molecule has 0 bridgehead atoms. The first-order valence-corrected chi connectivity index (χ1v) is 11.2. The van der Waals surface area contributed by atoms with Crippen LogP contribution >= 0.6 is 11.3 Å². The van der Waals surface area contributed by atoms with Crippen LogP contribution < -0.4 is 18.9 Å². The number of benzene rings is 2. The number of fused-ring (bicyclic) bond motifs is 3. The van der Waals surface area contributed by atoms with Gasteiger partial charge in [0.05, 0.1) is 25.3 Å². The van der Waals surface area contributed by atoms with Gasteiger partial charge in [0.25, 0.3) is 0 Å². The molecule has 0 radical (unpaired) electrons. The van der Waals surface area contributed by atoms with E-state index in [1.807, 2.05) is 48.7 Å². The lowest BCUT2D eigenvalue weighted by Gasteiger charge is -2.29. The molecular weight excluding hydrogens is 426 g/mol. The van der Waals surface area contributed by atoms with E-state index in [1.165, 1.54) is 0 Å². The van der Waals surface area contributed by atoms with Crippen LogP contribution in [0.3, 0.4) is 0 Å². The van der Waals surface area contributed by atoms with E-state index in [0.717, 1.165) is 27.3 Å². The van der Waals surface area contributed by atoms with Crippen molar-refractivity contribution in [2.75, 3.05) is 21.0 Å². The van der Waals surface area contributed by atoms with E-state index in [4.69, 9.17) is 18.9 Å². The molecule has 5 rings (SSSR count). The Bertz CT molecular complexity index is 1230. The zero-order valence-corrected chi connectivity index (χ0v) is 19.0. The van der Waals surface area contributed by atoms with Crippen molar-refractivity contribution < 1.29 is 23.7 Å². The van der Waals surface area contributed by atoms with Crippen LogP contribution in [0, 0.1) is 6.92 Å². The summed E-state index contributed by atoms with van der Waals surface area (Å²) in [5.41, 5.74) is 3.68. The van der Waals surface area contributed by atoms with Crippen LogP contribution in [0.2, 0.25) is 0 Å². The quantitative estimate of drug-likeness (QED) is 0.509. The molecule has 3 aromatic rings. The fraction of sp³-hybridized carbons (Fsp3) is 0.240. The van der Waals surface area contributed by atoms with Gasteiger partial charge in [-0.1, -0.05) is 6.07 Å². The van der Waals surface area contributed by atoms with Gasteiger partial charge in [-0.25, -0.2) is 0 Å². The molecule has 3 heterocycles. The zero-order chi connectivity index (χ0) is 22.2. The lowest BCUT2D eigenvalue weighted by atomic mass is 10.0. The summed E-state index contributed by atoms with van der Waals surface area (Å²) in [6, 6.07) is 11.6. The van der Waals surface area contributed by atoms with E-state index in [2.05, 4.69) is 4.90 Å². The third-order valence-corrected chi connectivity index (χ3v) is 6.67. The van der Waals surface area contributed by atoms with Gasteiger partial charge in [-0.15, -0.1) is 11.3 Å². The number of hydrogen-bond donors (Lipinski definition) is 0. The second-order valence-corrected chi connectivity index (χ2v) is 8.72. The number of rotatable bonds is 5. The van der Waals surface area contributed by atoms with Crippen molar-refractivity contribution in [2.24, 2.45) is 0 Å². The number of allylic oxidation sites excluding steroid dienone is 1. The van der Waals surface area contributed by atoms with Gasteiger partial charge in [0.1, 0.15) is 18.2 Å². The van der Waals surface area contributed by atoms with Gasteiger partial charge in [0, 0.05) is 24.0 Å². The lowest BCUT2D eigenvalue weighted by Crippen LogP contribution is -2.31. The SMILES string of the molecule is COc1ccc(CN2COc3ccc4c(c3C2)O/C(=C\c2sccc2C)C4=O)cc1OC. The van der Waals surface area contributed by atoms with Crippen molar-refractivity contribution in [3.05, 3.63) is 74.7 Å². The second-order valence-electron chi connectivity index (χ2n) is 7.78. The van der Waals surface area contributed by atoms with Crippen molar-refractivity contribution in [3.63, 3.8) is 0 Å². The van der Waals surface area contributed by atoms with Gasteiger partial charge in [0.2, 0.25) is 5.78 Å². The molecular formula is C25H23NO5S. The average molecular weight is 450 g/mol. The minimum atomic E-state index is -0.0902. The van der Waals surface area contributed by atoms with E-state index < -0.39 is 0 Å². The second kappa shape index (κ2) is 8.33. The smallest absolute Gasteiger partial charge is 0.232 e. The van der Waals surface area contributed by atoms with E-state index in [0.29, 0.717) is 48.4 Å². The third kappa shape index (κ3) is 3.63. The first kappa shape index (κ1) is 20.6. The molecule has 6 nitrogen and oxygen atoms in total. The normalized spacial score (nSPS) is 16.3. The Morgan fingerprint density at radius 3 is 2.72 bits per heavy atom. The van der Waals surface area contributed by atoms with Crippen LogP contribution in [0.15, 0.2) is 47.5 Å². The largest absolute Gasteiger partial charge is 0.493 e. The molecule has 1 aromatic heterocycles. The predicted octanol–water partition coefficient (Wildman–Crippen LogP) is 5.04. The Kier molecular flexibility index (Phi) is 5.36. The molecule has 0 saturated heterocycles. The van der Waals surface area contributed by atoms with Crippen LogP contribution in [0.1, 0.15) is 31.9 Å². The molecule has 2 aliphatic rings. The fourth-order valence-electron chi connectivity index (χ4n) is 3.99. The minimum Gasteiger partial charge on any atom is -0.493 e. The van der Waals surface area contributed by atoms with Crippen LogP contribution in [-0.2, 0) is 13.1 Å². The molecule has 0 spiro atoms. The number of carbonyl (C=O) groups excluding carboxylic acids is 1. The molecule has 32 heavy (non-hydrogen) atoms. The molecule has 0 saturated carbocycles. The maximum Gasteiger partial charge on any atom is 0.232 e. The number of methoxy groups -OCH3 is 2. The molecule has 0 amide bonds. The topological polar surface area (TPSA) is 57.2 Å². The van der Waals surface area contributed by atoms with Crippen LogP contribution in [0.5, 0.6) is 23.0 Å². The molecule has 0 N–H and O–H groups in total. The van der Waals surface area contributed by atoms with Crippen molar-refractivity contribution >= 4 is 23.2 Å². The predicted molar refractivity (Wildman–Crippen MR) is 123 cm³/mol. The number of Topliss-reactive ketones (excluding diaryl/α,β-unsaturated/α-hetero) is 1. The van der Waals surface area contributed by atoms with Crippen molar-refractivity contribution in [2.45, 2.75) is 20.0 Å². The Balaban J connectivity index is 1.40. The summed E-state index contributed by atoms with van der Waals surface area (Å²) in [5.74, 6) is 3.01. The summed E-state index contributed by atoms with van der Waals surface area (Å²) in [5, 5.41) is 2.01. The first-order chi connectivity index (χ1) is 15.6. The Morgan fingerprint density at radius 1 is 1.12 bits per heavy atom. The van der Waals surface area contributed by atoms with Crippen LogP contribution in [-0.4, -0.2) is 31.6 Å². The summed E-state index contributed by atoms with van der Waals surface area (Å²) in [6.45, 7) is 3.75. The first-order valence-electron chi connectivity index (χ1n) is 10.3. The minimum absolute atomic E-state index is 0.0902.